The van der Waals surface area contributed by atoms with E-state index in [1.54, 1.807) is 0 Å². The lowest BCUT2D eigenvalue weighted by Crippen LogP contribution is -2.24. The number of rotatable bonds is 5. The monoisotopic (exact) mass is 280 g/mol. The molecular weight excluding hydrogens is 260 g/mol. The molecule has 108 valence electrons. The van der Waals surface area contributed by atoms with Gasteiger partial charge in [0.05, 0.1) is 6.20 Å². The minimum absolute atomic E-state index is 0.486. The molecule has 3 aromatic rings. The van der Waals surface area contributed by atoms with Gasteiger partial charge in [-0.15, -0.1) is 0 Å². The lowest BCUT2D eigenvalue weighted by molar-refractivity contribution is 0.485. The fourth-order valence-electron chi connectivity index (χ4n) is 2.37. The lowest BCUT2D eigenvalue weighted by Gasteiger charge is -2.05. The number of benzene rings is 2. The van der Waals surface area contributed by atoms with Crippen molar-refractivity contribution in [3.63, 3.8) is 0 Å². The Hall–Kier alpha value is -2.13. The van der Waals surface area contributed by atoms with Crippen molar-refractivity contribution in [1.29, 1.82) is 0 Å². The highest BCUT2D eigenvalue weighted by Gasteiger charge is 2.07. The van der Waals surface area contributed by atoms with Gasteiger partial charge in [0.2, 0.25) is 0 Å². The predicted molar refractivity (Wildman–Crippen MR) is 86.3 cm³/mol. The van der Waals surface area contributed by atoms with E-state index in [4.69, 9.17) is 4.42 Å². The highest BCUT2D eigenvalue weighted by atomic mass is 16.4. The van der Waals surface area contributed by atoms with Crippen LogP contribution in [0.2, 0.25) is 0 Å². The molecule has 1 heterocycles. The van der Waals surface area contributed by atoms with Gasteiger partial charge in [-0.05, 0) is 16.8 Å². The van der Waals surface area contributed by atoms with Gasteiger partial charge in [0, 0.05) is 24.6 Å². The molecule has 0 fully saturated rings. The van der Waals surface area contributed by atoms with Gasteiger partial charge < -0.3 is 9.73 Å². The largest absolute Gasteiger partial charge is 0.441 e. The zero-order valence-corrected chi connectivity index (χ0v) is 12.5. The predicted octanol–water partition coefficient (Wildman–Crippen LogP) is 4.04. The molecule has 0 unspecified atom stereocenters. The second-order valence-electron chi connectivity index (χ2n) is 5.54. The smallest absolute Gasteiger partial charge is 0.196 e. The fraction of sp³-hybridized carbons (Fsp3) is 0.278. The molecule has 0 saturated carbocycles. The van der Waals surface area contributed by atoms with Crippen LogP contribution in [-0.2, 0) is 6.42 Å². The van der Waals surface area contributed by atoms with E-state index in [9.17, 15) is 0 Å². The molecule has 0 bridgehead atoms. The van der Waals surface area contributed by atoms with Gasteiger partial charge in [-0.1, -0.05) is 50.2 Å². The molecule has 0 aliphatic carbocycles. The zero-order valence-electron chi connectivity index (χ0n) is 12.5. The second kappa shape index (κ2) is 6.10. The van der Waals surface area contributed by atoms with Crippen LogP contribution in [0.25, 0.3) is 22.1 Å². The number of hydrogen-bond acceptors (Lipinski definition) is 3. The molecule has 2 aromatic carbocycles. The summed E-state index contributed by atoms with van der Waals surface area (Å²) in [5, 5.41) is 5.82. The summed E-state index contributed by atoms with van der Waals surface area (Å²) in [5.74, 6) is 1.62. The molecule has 0 atom stereocenters. The van der Waals surface area contributed by atoms with Crippen molar-refractivity contribution < 1.29 is 4.42 Å². The molecular formula is C18H20N2O. The summed E-state index contributed by atoms with van der Waals surface area (Å²) in [6.45, 7) is 5.15. The number of nitrogens with zero attached hydrogens (tertiary/aromatic N) is 1. The van der Waals surface area contributed by atoms with E-state index in [2.05, 4.69) is 66.6 Å². The van der Waals surface area contributed by atoms with Gasteiger partial charge in [-0.3, -0.25) is 0 Å². The van der Waals surface area contributed by atoms with Crippen LogP contribution < -0.4 is 5.32 Å². The van der Waals surface area contributed by atoms with Gasteiger partial charge in [0.1, 0.15) is 0 Å². The summed E-state index contributed by atoms with van der Waals surface area (Å²) in [7, 11) is 0. The highest BCUT2D eigenvalue weighted by Crippen LogP contribution is 2.25. The van der Waals surface area contributed by atoms with E-state index in [0.717, 1.165) is 30.2 Å². The molecule has 1 aromatic heterocycles. The Morgan fingerprint density at radius 2 is 1.90 bits per heavy atom. The molecule has 0 aliphatic rings. The summed E-state index contributed by atoms with van der Waals surface area (Å²) < 4.78 is 5.85. The third-order valence-electron chi connectivity index (χ3n) is 3.48. The Kier molecular flexibility index (Phi) is 4.02. The Bertz CT molecular complexity index is 731. The van der Waals surface area contributed by atoms with Gasteiger partial charge in [0.25, 0.3) is 0 Å². The molecule has 0 aliphatic heterocycles. The number of oxazole rings is 1. The first-order valence-corrected chi connectivity index (χ1v) is 7.39. The van der Waals surface area contributed by atoms with Crippen LogP contribution >= 0.6 is 0 Å². The lowest BCUT2D eigenvalue weighted by atomic mass is 10.1. The van der Waals surface area contributed by atoms with Crippen LogP contribution in [0, 0.1) is 0 Å². The van der Waals surface area contributed by atoms with Crippen LogP contribution in [0.5, 0.6) is 0 Å². The average molecular weight is 280 g/mol. The first-order valence-electron chi connectivity index (χ1n) is 7.39. The van der Waals surface area contributed by atoms with E-state index in [0.29, 0.717) is 6.04 Å². The van der Waals surface area contributed by atoms with Crippen LogP contribution in [0.15, 0.2) is 53.1 Å². The zero-order chi connectivity index (χ0) is 14.7. The Morgan fingerprint density at radius 3 is 2.71 bits per heavy atom. The molecule has 3 rings (SSSR count). The molecule has 3 nitrogen and oxygen atoms in total. The summed E-state index contributed by atoms with van der Waals surface area (Å²) >= 11 is 0. The van der Waals surface area contributed by atoms with Crippen molar-refractivity contribution in [1.82, 2.24) is 10.3 Å². The number of fused-ring (bicyclic) bond motifs is 1. The van der Waals surface area contributed by atoms with Gasteiger partial charge >= 0.3 is 0 Å². The Morgan fingerprint density at radius 1 is 1.10 bits per heavy atom. The van der Waals surface area contributed by atoms with Gasteiger partial charge in [0.15, 0.2) is 11.7 Å². The second-order valence-corrected chi connectivity index (χ2v) is 5.54. The number of hydrogen-bond donors (Lipinski definition) is 1. The van der Waals surface area contributed by atoms with E-state index in [1.165, 1.54) is 10.8 Å². The topological polar surface area (TPSA) is 38.1 Å². The normalized spacial score (nSPS) is 11.4. The SMILES string of the molecule is CC(C)NCCc1ncc(-c2ccc3ccccc3c2)o1. The summed E-state index contributed by atoms with van der Waals surface area (Å²) in [4.78, 5) is 4.36. The third-order valence-corrected chi connectivity index (χ3v) is 3.48. The van der Waals surface area contributed by atoms with E-state index < -0.39 is 0 Å². The van der Waals surface area contributed by atoms with Crippen LogP contribution in [0.3, 0.4) is 0 Å². The maximum absolute atomic E-state index is 5.85. The van der Waals surface area contributed by atoms with Gasteiger partial charge in [-0.2, -0.15) is 0 Å². The molecule has 0 radical (unpaired) electrons. The van der Waals surface area contributed by atoms with Crippen molar-refractivity contribution in [3.8, 4) is 11.3 Å². The van der Waals surface area contributed by atoms with Crippen molar-refractivity contribution in [2.45, 2.75) is 26.3 Å². The number of aromatic nitrogens is 1. The van der Waals surface area contributed by atoms with Crippen LogP contribution in [-0.4, -0.2) is 17.6 Å². The van der Waals surface area contributed by atoms with Crippen molar-refractivity contribution in [2.24, 2.45) is 0 Å². The standard InChI is InChI=1S/C18H20N2O/c1-13(2)19-10-9-18-20-12-17(21-18)16-8-7-14-5-3-4-6-15(14)11-16/h3-8,11-13,19H,9-10H2,1-2H3. The number of nitrogens with one attached hydrogen (secondary N) is 1. The summed E-state index contributed by atoms with van der Waals surface area (Å²) in [6, 6.07) is 15.2. The average Bonchev–Trinajstić information content (AvgIpc) is 2.95. The van der Waals surface area contributed by atoms with E-state index in [-0.39, 0.29) is 0 Å². The third kappa shape index (κ3) is 3.31. The minimum Gasteiger partial charge on any atom is -0.441 e. The molecule has 0 saturated heterocycles. The summed E-state index contributed by atoms with van der Waals surface area (Å²) in [6.07, 6.45) is 2.63. The first kappa shape index (κ1) is 13.8. The summed E-state index contributed by atoms with van der Waals surface area (Å²) in [5.41, 5.74) is 1.07. The molecule has 1 N–H and O–H groups in total. The fourth-order valence-corrected chi connectivity index (χ4v) is 2.37. The minimum atomic E-state index is 0.486. The first-order chi connectivity index (χ1) is 10.2. The highest BCUT2D eigenvalue weighted by molar-refractivity contribution is 5.86. The van der Waals surface area contributed by atoms with Crippen molar-refractivity contribution >= 4 is 10.8 Å². The Labute approximate surface area is 125 Å². The van der Waals surface area contributed by atoms with Gasteiger partial charge in [-0.25, -0.2) is 4.98 Å². The van der Waals surface area contributed by atoms with Crippen LogP contribution in [0.1, 0.15) is 19.7 Å². The molecule has 0 amide bonds. The van der Waals surface area contributed by atoms with Crippen molar-refractivity contribution in [3.05, 3.63) is 54.6 Å². The van der Waals surface area contributed by atoms with Crippen molar-refractivity contribution in [2.75, 3.05) is 6.54 Å². The molecule has 21 heavy (non-hydrogen) atoms. The molecule has 0 spiro atoms. The van der Waals surface area contributed by atoms with Crippen LogP contribution in [0.4, 0.5) is 0 Å². The quantitative estimate of drug-likeness (QED) is 0.766. The maximum atomic E-state index is 5.85. The molecule has 3 heteroatoms. The maximum Gasteiger partial charge on any atom is 0.196 e. The van der Waals surface area contributed by atoms with E-state index in [1.807, 2.05) is 6.20 Å². The van der Waals surface area contributed by atoms with E-state index >= 15 is 0 Å². The Balaban J connectivity index is 1.77.